The van der Waals surface area contributed by atoms with Gasteiger partial charge in [0.1, 0.15) is 5.75 Å². The minimum absolute atomic E-state index is 0.0800. The van der Waals surface area contributed by atoms with Gasteiger partial charge in [-0.15, -0.1) is 13.2 Å². The topological polar surface area (TPSA) is 69.6 Å². The molecule has 1 N–H and O–H groups in total. The summed E-state index contributed by atoms with van der Waals surface area (Å²) < 4.78 is 40.9. The zero-order valence-electron chi connectivity index (χ0n) is 16.6. The first-order valence-electron chi connectivity index (χ1n) is 9.56. The Bertz CT molecular complexity index is 1030. The number of carbonyl (C=O) groups excluding carboxylic acids is 1. The summed E-state index contributed by atoms with van der Waals surface area (Å²) in [6, 6.07) is 19.3. The van der Waals surface area contributed by atoms with Crippen LogP contribution in [0, 0.1) is 0 Å². The van der Waals surface area contributed by atoms with Crippen molar-refractivity contribution in [1.82, 2.24) is 0 Å². The van der Waals surface area contributed by atoms with Gasteiger partial charge in [0.25, 0.3) is 0 Å². The molecular formula is C24H20F3O4-. The summed E-state index contributed by atoms with van der Waals surface area (Å²) in [5, 5.41) is 21.0. The summed E-state index contributed by atoms with van der Waals surface area (Å²) in [5.74, 6) is -1.92. The highest BCUT2D eigenvalue weighted by Crippen LogP contribution is 2.35. The third-order valence-corrected chi connectivity index (χ3v) is 5.21. The van der Waals surface area contributed by atoms with Gasteiger partial charge in [-0.1, -0.05) is 67.6 Å². The molecule has 0 aliphatic heterocycles. The van der Waals surface area contributed by atoms with Gasteiger partial charge in [0.05, 0.1) is 12.6 Å². The molecule has 3 aromatic rings. The van der Waals surface area contributed by atoms with E-state index in [1.807, 2.05) is 31.2 Å². The van der Waals surface area contributed by atoms with Crippen LogP contribution in [0.4, 0.5) is 13.2 Å². The van der Waals surface area contributed by atoms with Crippen LogP contribution >= 0.6 is 0 Å². The highest BCUT2D eigenvalue weighted by Gasteiger charge is 2.31. The van der Waals surface area contributed by atoms with Crippen LogP contribution in [0.15, 0.2) is 72.8 Å². The molecule has 3 rings (SSSR count). The van der Waals surface area contributed by atoms with Crippen LogP contribution in [-0.4, -0.2) is 24.0 Å². The zero-order chi connectivity index (χ0) is 22.6. The van der Waals surface area contributed by atoms with Gasteiger partial charge in [0.15, 0.2) is 0 Å². The molecule has 3 aromatic carbocycles. The number of hydrogen-bond donors (Lipinski definition) is 1. The monoisotopic (exact) mass is 429 g/mol. The number of halogens is 3. The molecular weight excluding hydrogens is 409 g/mol. The first-order valence-corrected chi connectivity index (χ1v) is 9.56. The second kappa shape index (κ2) is 9.22. The summed E-state index contributed by atoms with van der Waals surface area (Å²) in [5.41, 5.74) is 3.29. The van der Waals surface area contributed by atoms with E-state index in [-0.39, 0.29) is 29.8 Å². The molecule has 0 aliphatic rings. The highest BCUT2D eigenvalue weighted by atomic mass is 19.4. The smallest absolute Gasteiger partial charge is 0.545 e. The van der Waals surface area contributed by atoms with Crippen molar-refractivity contribution in [1.29, 1.82) is 0 Å². The van der Waals surface area contributed by atoms with Crippen molar-refractivity contribution in [3.05, 3.63) is 89.5 Å². The molecule has 0 spiro atoms. The van der Waals surface area contributed by atoms with Gasteiger partial charge in [-0.05, 0) is 45.9 Å². The number of benzene rings is 3. The average Bonchev–Trinajstić information content (AvgIpc) is 2.74. The maximum Gasteiger partial charge on any atom is 0.573 e. The van der Waals surface area contributed by atoms with E-state index < -0.39 is 12.3 Å². The number of carbonyl (C=O) groups is 1. The van der Waals surface area contributed by atoms with E-state index in [1.54, 1.807) is 12.1 Å². The second-order valence-electron chi connectivity index (χ2n) is 7.18. The lowest BCUT2D eigenvalue weighted by molar-refractivity contribution is -0.274. The third-order valence-electron chi connectivity index (χ3n) is 5.21. The highest BCUT2D eigenvalue weighted by molar-refractivity contribution is 5.85. The van der Waals surface area contributed by atoms with E-state index in [1.165, 1.54) is 36.4 Å². The summed E-state index contributed by atoms with van der Waals surface area (Å²) in [4.78, 5) is 10.9. The largest absolute Gasteiger partial charge is 0.573 e. The number of hydrogen-bond acceptors (Lipinski definition) is 4. The molecule has 0 saturated heterocycles. The maximum absolute atomic E-state index is 12.3. The molecule has 0 radical (unpaired) electrons. The Morgan fingerprint density at radius 2 is 1.61 bits per heavy atom. The SMILES string of the molecule is CC(c1ccc(C(=O)[O-])cc1)C(CO)c1cccc(-c2ccc(OC(F)(F)F)cc2)c1. The lowest BCUT2D eigenvalue weighted by atomic mass is 9.82. The minimum atomic E-state index is -4.74. The van der Waals surface area contributed by atoms with Crippen LogP contribution in [0.25, 0.3) is 11.1 Å². The van der Waals surface area contributed by atoms with Crippen molar-refractivity contribution in [3.8, 4) is 16.9 Å². The molecule has 2 unspecified atom stereocenters. The predicted octanol–water partition coefficient (Wildman–Crippen LogP) is 4.50. The molecule has 0 heterocycles. The number of alkyl halides is 3. The first-order chi connectivity index (χ1) is 14.7. The number of aliphatic hydroxyl groups excluding tert-OH is 1. The van der Waals surface area contributed by atoms with Gasteiger partial charge in [0.2, 0.25) is 0 Å². The molecule has 0 saturated carbocycles. The zero-order valence-corrected chi connectivity index (χ0v) is 16.6. The van der Waals surface area contributed by atoms with Gasteiger partial charge in [-0.2, -0.15) is 0 Å². The fraction of sp³-hybridized carbons (Fsp3) is 0.208. The number of ether oxygens (including phenoxy) is 1. The number of carboxylic acid groups (broad SMARTS) is 1. The number of carboxylic acids is 1. The lowest BCUT2D eigenvalue weighted by Gasteiger charge is -2.24. The van der Waals surface area contributed by atoms with Gasteiger partial charge in [-0.3, -0.25) is 0 Å². The molecule has 2 atom stereocenters. The molecule has 0 fully saturated rings. The van der Waals surface area contributed by atoms with Crippen LogP contribution in [0.1, 0.15) is 40.2 Å². The first kappa shape index (κ1) is 22.4. The van der Waals surface area contributed by atoms with Crippen LogP contribution in [0.3, 0.4) is 0 Å². The Hall–Kier alpha value is -3.32. The Kier molecular flexibility index (Phi) is 6.65. The number of aliphatic hydroxyl groups is 1. The minimum Gasteiger partial charge on any atom is -0.545 e. The normalized spacial score (nSPS) is 13.5. The van der Waals surface area contributed by atoms with Gasteiger partial charge in [-0.25, -0.2) is 0 Å². The maximum atomic E-state index is 12.3. The van der Waals surface area contributed by atoms with Crippen molar-refractivity contribution in [2.24, 2.45) is 0 Å². The fourth-order valence-electron chi connectivity index (χ4n) is 3.51. The second-order valence-corrected chi connectivity index (χ2v) is 7.18. The Morgan fingerprint density at radius 3 is 2.16 bits per heavy atom. The van der Waals surface area contributed by atoms with Crippen LogP contribution in [0.2, 0.25) is 0 Å². The molecule has 4 nitrogen and oxygen atoms in total. The molecule has 0 aromatic heterocycles. The summed E-state index contributed by atoms with van der Waals surface area (Å²) in [7, 11) is 0. The summed E-state index contributed by atoms with van der Waals surface area (Å²) in [6.07, 6.45) is -4.74. The van der Waals surface area contributed by atoms with Crippen LogP contribution < -0.4 is 9.84 Å². The van der Waals surface area contributed by atoms with Gasteiger partial charge >= 0.3 is 6.36 Å². The molecule has 0 bridgehead atoms. The van der Waals surface area contributed by atoms with Gasteiger partial charge in [0, 0.05) is 5.92 Å². The molecule has 7 heteroatoms. The standard InChI is InChI=1S/C24H21F3O4/c1-15(16-5-7-18(8-6-16)23(29)30)22(14-28)20-4-2-3-19(13-20)17-9-11-21(12-10-17)31-24(25,26)27/h2-13,15,22,28H,14H2,1H3,(H,29,30)/p-1. The van der Waals surface area contributed by atoms with E-state index in [4.69, 9.17) is 0 Å². The molecule has 162 valence electrons. The van der Waals surface area contributed by atoms with E-state index in [0.717, 1.165) is 16.7 Å². The van der Waals surface area contributed by atoms with Crippen LogP contribution in [-0.2, 0) is 0 Å². The fourth-order valence-corrected chi connectivity index (χ4v) is 3.51. The Labute approximate surface area is 177 Å². The van der Waals surface area contributed by atoms with E-state index in [9.17, 15) is 28.2 Å². The molecule has 0 aliphatic carbocycles. The third kappa shape index (κ3) is 5.64. The van der Waals surface area contributed by atoms with Gasteiger partial charge < -0.3 is 19.7 Å². The summed E-state index contributed by atoms with van der Waals surface area (Å²) in [6.45, 7) is 1.80. The number of aromatic carboxylic acids is 1. The van der Waals surface area contributed by atoms with Crippen molar-refractivity contribution in [3.63, 3.8) is 0 Å². The van der Waals surface area contributed by atoms with Crippen molar-refractivity contribution < 1.29 is 32.9 Å². The molecule has 0 amide bonds. The average molecular weight is 429 g/mol. The number of rotatable bonds is 7. The Balaban J connectivity index is 1.84. The van der Waals surface area contributed by atoms with Crippen molar-refractivity contribution in [2.75, 3.05) is 6.61 Å². The quantitative estimate of drug-likeness (QED) is 0.601. The lowest BCUT2D eigenvalue weighted by Crippen LogP contribution is -2.22. The summed E-state index contributed by atoms with van der Waals surface area (Å²) >= 11 is 0. The van der Waals surface area contributed by atoms with E-state index in [2.05, 4.69) is 4.74 Å². The van der Waals surface area contributed by atoms with Crippen LogP contribution in [0.5, 0.6) is 5.75 Å². The molecule has 31 heavy (non-hydrogen) atoms. The Morgan fingerprint density at radius 1 is 0.968 bits per heavy atom. The predicted molar refractivity (Wildman–Crippen MR) is 108 cm³/mol. The van der Waals surface area contributed by atoms with Crippen molar-refractivity contribution in [2.45, 2.75) is 25.1 Å². The van der Waals surface area contributed by atoms with E-state index in [0.29, 0.717) is 5.56 Å². The van der Waals surface area contributed by atoms with E-state index >= 15 is 0 Å². The van der Waals surface area contributed by atoms with Crippen molar-refractivity contribution >= 4 is 5.97 Å².